The Bertz CT molecular complexity index is 1410. The van der Waals surface area contributed by atoms with Crippen LogP contribution in [-0.4, -0.2) is 21.6 Å². The van der Waals surface area contributed by atoms with Crippen molar-refractivity contribution < 1.29 is 0 Å². The van der Waals surface area contributed by atoms with E-state index in [9.17, 15) is 0 Å². The van der Waals surface area contributed by atoms with Crippen LogP contribution in [0.15, 0.2) is 18.2 Å². The molecule has 0 spiro atoms. The summed E-state index contributed by atoms with van der Waals surface area (Å²) in [6.07, 6.45) is 0. The monoisotopic (exact) mass is 486 g/mol. The molecule has 1 aliphatic heterocycles. The third-order valence-corrected chi connectivity index (χ3v) is 10.6. The predicted octanol–water partition coefficient (Wildman–Crippen LogP) is 8.26. The number of aromatic nitrogens is 3. The van der Waals surface area contributed by atoms with Crippen LogP contribution in [0.25, 0.3) is 22.4 Å². The molecule has 0 saturated heterocycles. The van der Waals surface area contributed by atoms with Crippen molar-refractivity contribution in [2.75, 3.05) is 11.9 Å². The summed E-state index contributed by atoms with van der Waals surface area (Å²) >= 11 is 0. The average molecular weight is 487 g/mol. The molecule has 1 aromatic carbocycles. The second-order valence-corrected chi connectivity index (χ2v) is 14.8. The van der Waals surface area contributed by atoms with Gasteiger partial charge in [-0.1, -0.05) is 76.2 Å². The Labute approximate surface area is 218 Å². The highest BCUT2D eigenvalue weighted by Gasteiger charge is 2.57. The van der Waals surface area contributed by atoms with E-state index in [0.717, 1.165) is 22.9 Å². The van der Waals surface area contributed by atoms with E-state index in [1.54, 1.807) is 0 Å². The highest BCUT2D eigenvalue weighted by atomic mass is 15.4. The normalized spacial score (nSPS) is 21.0. The van der Waals surface area contributed by atoms with Gasteiger partial charge < -0.3 is 9.47 Å². The first-order valence-corrected chi connectivity index (χ1v) is 13.6. The maximum Gasteiger partial charge on any atom is 0.147 e. The molecule has 0 amide bonds. The molecule has 3 heterocycles. The molecule has 194 valence electrons. The molecule has 0 unspecified atom stereocenters. The Morgan fingerprint density at radius 3 is 1.89 bits per heavy atom. The van der Waals surface area contributed by atoms with Gasteiger partial charge in [0.15, 0.2) is 0 Å². The summed E-state index contributed by atoms with van der Waals surface area (Å²) in [6, 6.07) is 7.19. The van der Waals surface area contributed by atoms with Crippen molar-refractivity contribution in [3.8, 4) is 11.4 Å². The fourth-order valence-corrected chi connectivity index (χ4v) is 6.61. The molecule has 4 heteroatoms. The maximum absolute atomic E-state index is 5.39. The molecule has 0 bridgehead atoms. The summed E-state index contributed by atoms with van der Waals surface area (Å²) in [4.78, 5) is 13.0. The zero-order chi connectivity index (χ0) is 27.0. The molecule has 36 heavy (non-hydrogen) atoms. The van der Waals surface area contributed by atoms with Crippen molar-refractivity contribution >= 4 is 16.9 Å². The van der Waals surface area contributed by atoms with Crippen molar-refractivity contribution in [2.45, 2.75) is 118 Å². The second kappa shape index (κ2) is 6.94. The molecule has 0 N–H and O–H groups in total. The predicted molar refractivity (Wildman–Crippen MR) is 153 cm³/mol. The molecule has 0 saturated carbocycles. The van der Waals surface area contributed by atoms with Crippen molar-refractivity contribution in [3.63, 3.8) is 0 Å². The van der Waals surface area contributed by atoms with Crippen LogP contribution >= 0.6 is 0 Å². The van der Waals surface area contributed by atoms with Crippen LogP contribution in [0.2, 0.25) is 0 Å². The smallest absolute Gasteiger partial charge is 0.147 e. The van der Waals surface area contributed by atoms with Gasteiger partial charge >= 0.3 is 0 Å². The summed E-state index contributed by atoms with van der Waals surface area (Å²) in [5.74, 6) is 2.47. The fraction of sp³-hybridized carbons (Fsp3) is 0.625. The SMILES string of the molecule is CC(C)c1cc(C(C)(C)C)nc2c1-c1nc3cc4c(cc3n1C(C)(C)N2C)C(C)(C)C(C)(C)C4(C)C. The first kappa shape index (κ1) is 25.3. The van der Waals surface area contributed by atoms with E-state index in [0.29, 0.717) is 5.92 Å². The zero-order valence-corrected chi connectivity index (χ0v) is 25.1. The third-order valence-electron chi connectivity index (χ3n) is 10.6. The van der Waals surface area contributed by atoms with Gasteiger partial charge in [0.2, 0.25) is 0 Å². The van der Waals surface area contributed by atoms with Crippen molar-refractivity contribution in [1.29, 1.82) is 0 Å². The molecule has 1 aliphatic carbocycles. The van der Waals surface area contributed by atoms with E-state index in [-0.39, 0.29) is 27.3 Å². The standard InChI is InChI=1S/C32H46N4/c1-18(2)19-15-24(28(3,4)5)34-26-25(19)27-33-22-16-20-21(30(8,9)31(10,11)29(20,6)7)17-23(22)36(27)32(12,13)35(26)14/h15-18H,1-14H3. The van der Waals surface area contributed by atoms with Gasteiger partial charge in [-0.15, -0.1) is 0 Å². The number of pyridine rings is 1. The number of hydrogen-bond donors (Lipinski definition) is 0. The van der Waals surface area contributed by atoms with Crippen LogP contribution in [0.3, 0.4) is 0 Å². The molecule has 3 aromatic rings. The Morgan fingerprint density at radius 1 is 0.806 bits per heavy atom. The van der Waals surface area contributed by atoms with Crippen molar-refractivity contribution in [1.82, 2.24) is 14.5 Å². The lowest BCUT2D eigenvalue weighted by Crippen LogP contribution is -2.47. The van der Waals surface area contributed by atoms with Gasteiger partial charge in [0.05, 0.1) is 16.6 Å². The Kier molecular flexibility index (Phi) is 4.87. The van der Waals surface area contributed by atoms with Crippen LogP contribution < -0.4 is 4.90 Å². The largest absolute Gasteiger partial charge is 0.336 e. The van der Waals surface area contributed by atoms with Gasteiger partial charge in [-0.25, -0.2) is 9.97 Å². The summed E-state index contributed by atoms with van der Waals surface area (Å²) < 4.78 is 2.48. The van der Waals surface area contributed by atoms with Gasteiger partial charge in [-0.3, -0.25) is 0 Å². The number of nitrogens with zero attached hydrogens (tertiary/aromatic N) is 4. The van der Waals surface area contributed by atoms with Crippen molar-refractivity contribution in [2.24, 2.45) is 5.41 Å². The number of fused-ring (bicyclic) bond motifs is 6. The quantitative estimate of drug-likeness (QED) is 0.347. The number of imidazole rings is 1. The lowest BCUT2D eigenvalue weighted by atomic mass is 9.59. The minimum absolute atomic E-state index is 0.0218. The van der Waals surface area contributed by atoms with Crippen LogP contribution in [0.4, 0.5) is 5.82 Å². The van der Waals surface area contributed by atoms with E-state index in [1.165, 1.54) is 27.8 Å². The maximum atomic E-state index is 5.39. The Morgan fingerprint density at radius 2 is 1.36 bits per heavy atom. The first-order valence-electron chi connectivity index (χ1n) is 13.6. The Balaban J connectivity index is 1.90. The lowest BCUT2D eigenvalue weighted by molar-refractivity contribution is 0.125. The first-order chi connectivity index (χ1) is 16.3. The molecule has 0 fully saturated rings. The molecule has 4 nitrogen and oxygen atoms in total. The number of hydrogen-bond acceptors (Lipinski definition) is 3. The molecular weight excluding hydrogens is 440 g/mol. The average Bonchev–Trinajstić information content (AvgIpc) is 3.17. The van der Waals surface area contributed by atoms with Gasteiger partial charge in [-0.05, 0) is 70.9 Å². The van der Waals surface area contributed by atoms with E-state index in [4.69, 9.17) is 9.97 Å². The van der Waals surface area contributed by atoms with E-state index in [1.807, 2.05) is 0 Å². The van der Waals surface area contributed by atoms with Gasteiger partial charge in [0.25, 0.3) is 0 Å². The van der Waals surface area contributed by atoms with Gasteiger partial charge in [0, 0.05) is 18.2 Å². The van der Waals surface area contributed by atoms with E-state index >= 15 is 0 Å². The Hall–Kier alpha value is -2.36. The van der Waals surface area contributed by atoms with Crippen LogP contribution in [0.5, 0.6) is 0 Å². The lowest BCUT2D eigenvalue weighted by Gasteiger charge is -2.45. The third kappa shape index (κ3) is 2.88. The second-order valence-electron chi connectivity index (χ2n) is 14.8. The van der Waals surface area contributed by atoms with Gasteiger partial charge in [0.1, 0.15) is 17.3 Å². The minimum Gasteiger partial charge on any atom is -0.336 e. The van der Waals surface area contributed by atoms with Crippen LogP contribution in [0, 0.1) is 5.41 Å². The van der Waals surface area contributed by atoms with Crippen LogP contribution in [-0.2, 0) is 21.9 Å². The highest BCUT2D eigenvalue weighted by molar-refractivity contribution is 5.89. The van der Waals surface area contributed by atoms with E-state index in [2.05, 4.69) is 125 Å². The summed E-state index contributed by atoms with van der Waals surface area (Å²) in [6.45, 7) is 30.4. The molecular formula is C32H46N4. The minimum atomic E-state index is -0.309. The van der Waals surface area contributed by atoms with Crippen molar-refractivity contribution in [3.05, 3.63) is 40.6 Å². The molecule has 2 aromatic heterocycles. The fourth-order valence-electron chi connectivity index (χ4n) is 6.61. The van der Waals surface area contributed by atoms with E-state index < -0.39 is 0 Å². The summed E-state index contributed by atoms with van der Waals surface area (Å²) in [5.41, 5.74) is 8.79. The highest BCUT2D eigenvalue weighted by Crippen LogP contribution is 2.62. The number of anilines is 1. The van der Waals surface area contributed by atoms with Gasteiger partial charge in [-0.2, -0.15) is 0 Å². The molecule has 5 rings (SSSR count). The van der Waals surface area contributed by atoms with Crippen LogP contribution in [0.1, 0.15) is 118 Å². The summed E-state index contributed by atoms with van der Waals surface area (Å²) in [5, 5.41) is 0. The topological polar surface area (TPSA) is 34.0 Å². The molecule has 0 radical (unpaired) electrons. The zero-order valence-electron chi connectivity index (χ0n) is 25.1. The molecule has 2 aliphatic rings. The molecule has 0 atom stereocenters. The summed E-state index contributed by atoms with van der Waals surface area (Å²) in [7, 11) is 2.20. The number of rotatable bonds is 1. The number of benzene rings is 1.